The minimum atomic E-state index is -0.341. The molecule has 0 radical (unpaired) electrons. The summed E-state index contributed by atoms with van der Waals surface area (Å²) in [4.78, 5) is 24.8. The molecule has 1 aromatic heterocycles. The van der Waals surface area contributed by atoms with Gasteiger partial charge in [-0.15, -0.1) is 0 Å². The molecule has 0 fully saturated rings. The van der Waals surface area contributed by atoms with E-state index in [-0.39, 0.29) is 17.6 Å². The highest BCUT2D eigenvalue weighted by Crippen LogP contribution is 2.20. The van der Waals surface area contributed by atoms with Gasteiger partial charge in [-0.1, -0.05) is 48.5 Å². The summed E-state index contributed by atoms with van der Waals surface area (Å²) in [5.74, 6) is -0.321. The molecule has 2 N–H and O–H groups in total. The summed E-state index contributed by atoms with van der Waals surface area (Å²) >= 11 is 0. The Morgan fingerprint density at radius 1 is 0.700 bits per heavy atom. The molecule has 0 bridgehead atoms. The highest BCUT2D eigenvalue weighted by molar-refractivity contribution is 6.06. The topological polar surface area (TPSA) is 71.3 Å². The van der Waals surface area contributed by atoms with Crippen molar-refractivity contribution in [1.82, 2.24) is 0 Å². The quantitative estimate of drug-likeness (QED) is 0.460. The van der Waals surface area contributed by atoms with E-state index in [0.717, 1.165) is 17.7 Å². The van der Waals surface area contributed by atoms with E-state index in [0.29, 0.717) is 11.3 Å². The Labute approximate surface area is 174 Å². The lowest BCUT2D eigenvalue weighted by Crippen LogP contribution is -2.14. The monoisotopic (exact) mass is 396 g/mol. The average Bonchev–Trinajstić information content (AvgIpc) is 3.31. The maximum absolute atomic E-state index is 12.7. The van der Waals surface area contributed by atoms with Crippen LogP contribution in [0.2, 0.25) is 0 Å². The number of anilines is 2. The number of carbonyl (C=O) groups excluding carboxylic acids is 2. The highest BCUT2D eigenvalue weighted by Gasteiger charge is 2.11. The molecule has 5 nitrogen and oxygen atoms in total. The van der Waals surface area contributed by atoms with E-state index in [1.54, 1.807) is 36.4 Å². The van der Waals surface area contributed by atoms with Crippen LogP contribution >= 0.6 is 0 Å². The van der Waals surface area contributed by atoms with Crippen molar-refractivity contribution in [3.05, 3.63) is 120 Å². The van der Waals surface area contributed by atoms with E-state index in [2.05, 4.69) is 22.8 Å². The van der Waals surface area contributed by atoms with E-state index in [1.807, 2.05) is 42.5 Å². The van der Waals surface area contributed by atoms with Crippen LogP contribution in [0.15, 0.2) is 102 Å². The van der Waals surface area contributed by atoms with Crippen LogP contribution in [0.4, 0.5) is 11.4 Å². The zero-order chi connectivity index (χ0) is 20.8. The van der Waals surface area contributed by atoms with Crippen LogP contribution in [0.3, 0.4) is 0 Å². The Bertz CT molecular complexity index is 1130. The second kappa shape index (κ2) is 8.92. The standard InChI is InChI=1S/C25H20N2O3/c28-24(19-12-14-21(15-13-19)26-25(29)23-11-6-16-30-23)27-22-10-5-4-9-20(22)17-18-7-2-1-3-8-18/h1-16H,17H2,(H,26,29)(H,27,28). The van der Waals surface area contributed by atoms with Crippen molar-refractivity contribution in [3.8, 4) is 0 Å². The summed E-state index contributed by atoms with van der Waals surface area (Å²) in [6, 6.07) is 27.8. The Balaban J connectivity index is 1.44. The molecule has 0 unspecified atom stereocenters. The second-order valence-electron chi connectivity index (χ2n) is 6.78. The van der Waals surface area contributed by atoms with Crippen molar-refractivity contribution in [2.45, 2.75) is 6.42 Å². The second-order valence-corrected chi connectivity index (χ2v) is 6.78. The van der Waals surface area contributed by atoms with Gasteiger partial charge in [0.1, 0.15) is 0 Å². The van der Waals surface area contributed by atoms with Gasteiger partial charge in [0.05, 0.1) is 6.26 Å². The number of hydrogen-bond donors (Lipinski definition) is 2. The van der Waals surface area contributed by atoms with Gasteiger partial charge in [0.2, 0.25) is 0 Å². The van der Waals surface area contributed by atoms with Crippen molar-refractivity contribution in [3.63, 3.8) is 0 Å². The van der Waals surface area contributed by atoms with Crippen LogP contribution in [-0.4, -0.2) is 11.8 Å². The Morgan fingerprint density at radius 2 is 1.43 bits per heavy atom. The van der Waals surface area contributed by atoms with Crippen molar-refractivity contribution in [1.29, 1.82) is 0 Å². The number of para-hydroxylation sites is 1. The molecule has 148 valence electrons. The SMILES string of the molecule is O=C(Nc1ccccc1Cc1ccccc1)c1ccc(NC(=O)c2ccco2)cc1. The first-order chi connectivity index (χ1) is 14.7. The molecule has 0 saturated heterocycles. The minimum absolute atomic E-state index is 0.209. The predicted molar refractivity (Wildman–Crippen MR) is 117 cm³/mol. The molecule has 1 heterocycles. The Kier molecular flexibility index (Phi) is 5.71. The number of carbonyl (C=O) groups is 2. The third-order valence-electron chi connectivity index (χ3n) is 4.65. The number of rotatable bonds is 6. The normalized spacial score (nSPS) is 10.4. The first-order valence-electron chi connectivity index (χ1n) is 9.57. The molecular weight excluding hydrogens is 376 g/mol. The van der Waals surface area contributed by atoms with Gasteiger partial charge in [0.15, 0.2) is 5.76 Å². The molecule has 4 rings (SSSR count). The van der Waals surface area contributed by atoms with Gasteiger partial charge in [-0.3, -0.25) is 9.59 Å². The molecule has 4 aromatic rings. The van der Waals surface area contributed by atoms with Crippen LogP contribution in [0, 0.1) is 0 Å². The number of benzene rings is 3. The zero-order valence-electron chi connectivity index (χ0n) is 16.2. The number of amides is 2. The number of nitrogens with one attached hydrogen (secondary N) is 2. The van der Waals surface area contributed by atoms with Crippen molar-refractivity contribution >= 4 is 23.2 Å². The van der Waals surface area contributed by atoms with Crippen molar-refractivity contribution < 1.29 is 14.0 Å². The number of furan rings is 1. The van der Waals surface area contributed by atoms with Crippen LogP contribution in [0.1, 0.15) is 32.0 Å². The molecule has 30 heavy (non-hydrogen) atoms. The molecule has 0 saturated carbocycles. The van der Waals surface area contributed by atoms with Gasteiger partial charge >= 0.3 is 0 Å². The molecule has 0 aliphatic rings. The fourth-order valence-electron chi connectivity index (χ4n) is 3.11. The van der Waals surface area contributed by atoms with Gasteiger partial charge in [-0.05, 0) is 60.0 Å². The summed E-state index contributed by atoms with van der Waals surface area (Å²) in [6.45, 7) is 0. The largest absolute Gasteiger partial charge is 0.459 e. The van der Waals surface area contributed by atoms with E-state index < -0.39 is 0 Å². The summed E-state index contributed by atoms with van der Waals surface area (Å²) in [7, 11) is 0. The maximum atomic E-state index is 12.7. The lowest BCUT2D eigenvalue weighted by molar-refractivity contribution is 0.0995. The fraction of sp³-hybridized carbons (Fsp3) is 0.0400. The first-order valence-corrected chi connectivity index (χ1v) is 9.57. The third-order valence-corrected chi connectivity index (χ3v) is 4.65. The van der Waals surface area contributed by atoms with Crippen LogP contribution < -0.4 is 10.6 Å². The molecule has 0 aliphatic heterocycles. The third kappa shape index (κ3) is 4.64. The van der Waals surface area contributed by atoms with Crippen LogP contribution in [-0.2, 0) is 6.42 Å². The lowest BCUT2D eigenvalue weighted by atomic mass is 10.0. The Morgan fingerprint density at radius 3 is 2.17 bits per heavy atom. The van der Waals surface area contributed by atoms with Crippen LogP contribution in [0.5, 0.6) is 0 Å². The number of hydrogen-bond acceptors (Lipinski definition) is 3. The summed E-state index contributed by atoms with van der Waals surface area (Å²) in [5, 5.41) is 5.72. The van der Waals surface area contributed by atoms with Gasteiger partial charge in [-0.25, -0.2) is 0 Å². The van der Waals surface area contributed by atoms with E-state index in [1.165, 1.54) is 11.8 Å². The van der Waals surface area contributed by atoms with Crippen molar-refractivity contribution in [2.75, 3.05) is 10.6 Å². The molecule has 0 aliphatic carbocycles. The molecule has 0 spiro atoms. The summed E-state index contributed by atoms with van der Waals surface area (Å²) < 4.78 is 5.07. The average molecular weight is 396 g/mol. The highest BCUT2D eigenvalue weighted by atomic mass is 16.3. The van der Waals surface area contributed by atoms with E-state index in [4.69, 9.17) is 4.42 Å². The van der Waals surface area contributed by atoms with Crippen molar-refractivity contribution in [2.24, 2.45) is 0 Å². The van der Waals surface area contributed by atoms with E-state index >= 15 is 0 Å². The molecule has 0 atom stereocenters. The van der Waals surface area contributed by atoms with Gasteiger partial charge in [-0.2, -0.15) is 0 Å². The van der Waals surface area contributed by atoms with Gasteiger partial charge in [0, 0.05) is 16.9 Å². The lowest BCUT2D eigenvalue weighted by Gasteiger charge is -2.12. The Hall–Kier alpha value is -4.12. The minimum Gasteiger partial charge on any atom is -0.459 e. The fourth-order valence-corrected chi connectivity index (χ4v) is 3.11. The van der Waals surface area contributed by atoms with Crippen LogP contribution in [0.25, 0.3) is 0 Å². The predicted octanol–water partition coefficient (Wildman–Crippen LogP) is 5.38. The molecule has 5 heteroatoms. The maximum Gasteiger partial charge on any atom is 0.291 e. The van der Waals surface area contributed by atoms with Gasteiger partial charge < -0.3 is 15.1 Å². The molecule has 3 aromatic carbocycles. The van der Waals surface area contributed by atoms with Gasteiger partial charge in [0.25, 0.3) is 11.8 Å². The first kappa shape index (κ1) is 19.2. The molecular formula is C25H20N2O3. The molecule has 2 amide bonds. The summed E-state index contributed by atoms with van der Waals surface area (Å²) in [5.41, 5.74) is 4.08. The smallest absolute Gasteiger partial charge is 0.291 e. The zero-order valence-corrected chi connectivity index (χ0v) is 16.2. The summed E-state index contributed by atoms with van der Waals surface area (Å²) in [6.07, 6.45) is 2.17. The van der Waals surface area contributed by atoms with E-state index in [9.17, 15) is 9.59 Å².